The van der Waals surface area contributed by atoms with Crippen LogP contribution in [0.4, 0.5) is 0 Å². The van der Waals surface area contributed by atoms with E-state index >= 15 is 0 Å². The molecule has 0 aromatic heterocycles. The van der Waals surface area contributed by atoms with Crippen molar-refractivity contribution in [1.82, 2.24) is 0 Å². The topological polar surface area (TPSA) is 35.5 Å². The van der Waals surface area contributed by atoms with Crippen LogP contribution in [0.3, 0.4) is 0 Å². The van der Waals surface area contributed by atoms with Gasteiger partial charge in [0.05, 0.1) is 11.2 Å². The lowest BCUT2D eigenvalue weighted by atomic mass is 9.78. The molecule has 0 unspecified atom stereocenters. The minimum Gasteiger partial charge on any atom is -0.400 e. The first-order valence-electron chi connectivity index (χ1n) is 7.97. The zero-order valence-corrected chi connectivity index (χ0v) is 16.7. The van der Waals surface area contributed by atoms with Crippen molar-refractivity contribution in [3.8, 4) is 0 Å². The van der Waals surface area contributed by atoms with E-state index in [0.717, 1.165) is 16.6 Å². The maximum atomic E-state index is 11.4. The Hall–Kier alpha value is -0.745. The summed E-state index contributed by atoms with van der Waals surface area (Å²) in [6.45, 7) is 11.6. The summed E-state index contributed by atoms with van der Waals surface area (Å²) >= 11 is 7.41. The van der Waals surface area contributed by atoms with Gasteiger partial charge in [-0.25, -0.2) is 0 Å². The Morgan fingerprint density at radius 1 is 1.21 bits per heavy atom. The minimum atomic E-state index is -0.471. The first-order chi connectivity index (χ1) is 11.0. The van der Waals surface area contributed by atoms with Crippen LogP contribution >= 0.6 is 23.4 Å². The Labute approximate surface area is 154 Å². The standard InChI is InChI=1S/C18H24BClO3S/c1-12-7-14(10-16(20)8-12)9-15(11-24-13(2)21)19-22-17(3,4)18(5,6)23-19/h7-10H,11H2,1-6H3. The highest BCUT2D eigenvalue weighted by Crippen LogP contribution is 2.39. The molecule has 1 aromatic rings. The van der Waals surface area contributed by atoms with Gasteiger partial charge in [0.25, 0.3) is 0 Å². The van der Waals surface area contributed by atoms with Crippen LogP contribution in [0, 0.1) is 6.92 Å². The summed E-state index contributed by atoms with van der Waals surface area (Å²) in [4.78, 5) is 11.4. The van der Waals surface area contributed by atoms with Crippen molar-refractivity contribution < 1.29 is 14.1 Å². The number of rotatable bonds is 4. The fourth-order valence-electron chi connectivity index (χ4n) is 2.42. The molecule has 0 bridgehead atoms. The summed E-state index contributed by atoms with van der Waals surface area (Å²) in [5.41, 5.74) is 2.16. The van der Waals surface area contributed by atoms with Gasteiger partial charge in [0.15, 0.2) is 5.12 Å². The van der Waals surface area contributed by atoms with Crippen molar-refractivity contribution in [3.05, 3.63) is 39.8 Å². The van der Waals surface area contributed by atoms with Gasteiger partial charge in [0, 0.05) is 17.7 Å². The van der Waals surface area contributed by atoms with E-state index in [2.05, 4.69) is 6.07 Å². The molecule has 0 amide bonds. The normalized spacial score (nSPS) is 19.6. The molecule has 0 N–H and O–H groups in total. The first kappa shape index (κ1) is 19.6. The summed E-state index contributed by atoms with van der Waals surface area (Å²) in [7, 11) is -0.471. The molecule has 0 radical (unpaired) electrons. The molecule has 1 heterocycles. The van der Waals surface area contributed by atoms with Gasteiger partial charge >= 0.3 is 7.12 Å². The fraction of sp³-hybridized carbons (Fsp3) is 0.500. The third kappa shape index (κ3) is 4.66. The molecule has 1 fully saturated rings. The third-order valence-electron chi connectivity index (χ3n) is 4.41. The fourth-order valence-corrected chi connectivity index (χ4v) is 3.31. The first-order valence-corrected chi connectivity index (χ1v) is 9.33. The summed E-state index contributed by atoms with van der Waals surface area (Å²) < 4.78 is 12.3. The number of benzene rings is 1. The molecule has 24 heavy (non-hydrogen) atoms. The molecule has 130 valence electrons. The predicted molar refractivity (Wildman–Crippen MR) is 103 cm³/mol. The lowest BCUT2D eigenvalue weighted by Gasteiger charge is -2.32. The molecule has 1 aliphatic heterocycles. The molecule has 3 nitrogen and oxygen atoms in total. The number of thioether (sulfide) groups is 1. The van der Waals surface area contributed by atoms with Crippen molar-refractivity contribution in [1.29, 1.82) is 0 Å². The van der Waals surface area contributed by atoms with Crippen LogP contribution in [0.25, 0.3) is 6.08 Å². The Kier molecular flexibility index (Phi) is 5.91. The Balaban J connectivity index is 2.35. The number of carbonyl (C=O) groups is 1. The zero-order valence-electron chi connectivity index (χ0n) is 15.1. The predicted octanol–water partition coefficient (Wildman–Crippen LogP) is 4.94. The van der Waals surface area contributed by atoms with Crippen molar-refractivity contribution >= 4 is 41.7 Å². The molecule has 1 aliphatic rings. The van der Waals surface area contributed by atoms with E-state index < -0.39 is 18.3 Å². The van der Waals surface area contributed by atoms with Gasteiger partial charge in [-0.1, -0.05) is 35.5 Å². The smallest absolute Gasteiger partial charge is 0.400 e. The molecule has 2 rings (SSSR count). The monoisotopic (exact) mass is 366 g/mol. The van der Waals surface area contributed by atoms with E-state index in [-0.39, 0.29) is 5.12 Å². The highest BCUT2D eigenvalue weighted by Gasteiger charge is 2.52. The Morgan fingerprint density at radius 2 is 1.79 bits per heavy atom. The molecular weight excluding hydrogens is 343 g/mol. The van der Waals surface area contributed by atoms with Gasteiger partial charge in [0.1, 0.15) is 0 Å². The van der Waals surface area contributed by atoms with Gasteiger partial charge in [-0.2, -0.15) is 0 Å². The van der Waals surface area contributed by atoms with Gasteiger partial charge < -0.3 is 9.31 Å². The quantitative estimate of drug-likeness (QED) is 0.707. The number of halogens is 1. The van der Waals surface area contributed by atoms with Crippen LogP contribution in [0.2, 0.25) is 5.02 Å². The molecule has 0 aliphatic carbocycles. The van der Waals surface area contributed by atoms with Crippen LogP contribution in [0.5, 0.6) is 0 Å². The number of carbonyl (C=O) groups excluding carboxylic acids is 1. The second kappa shape index (κ2) is 7.24. The molecule has 0 atom stereocenters. The highest BCUT2D eigenvalue weighted by molar-refractivity contribution is 8.13. The highest BCUT2D eigenvalue weighted by atomic mass is 35.5. The van der Waals surface area contributed by atoms with Crippen molar-refractivity contribution in [2.24, 2.45) is 0 Å². The average Bonchev–Trinajstić information content (AvgIpc) is 2.62. The molecule has 0 spiro atoms. The van der Waals surface area contributed by atoms with Crippen molar-refractivity contribution in [3.63, 3.8) is 0 Å². The number of hydrogen-bond donors (Lipinski definition) is 0. The second-order valence-electron chi connectivity index (χ2n) is 7.15. The number of hydrogen-bond acceptors (Lipinski definition) is 4. The van der Waals surface area contributed by atoms with E-state index in [1.54, 1.807) is 6.92 Å². The molecular formula is C18H24BClO3S. The lowest BCUT2D eigenvalue weighted by Crippen LogP contribution is -2.41. The van der Waals surface area contributed by atoms with Crippen LogP contribution in [0.15, 0.2) is 23.7 Å². The van der Waals surface area contributed by atoms with Gasteiger partial charge in [-0.15, -0.1) is 0 Å². The maximum absolute atomic E-state index is 11.4. The summed E-state index contributed by atoms with van der Waals surface area (Å²) in [5.74, 6) is 0.526. The van der Waals surface area contributed by atoms with E-state index in [1.807, 2.05) is 52.8 Å². The minimum absolute atomic E-state index is 0.0692. The van der Waals surface area contributed by atoms with Gasteiger partial charge in [0.2, 0.25) is 0 Å². The van der Waals surface area contributed by atoms with Gasteiger partial charge in [-0.3, -0.25) is 4.79 Å². The van der Waals surface area contributed by atoms with E-state index in [4.69, 9.17) is 20.9 Å². The van der Waals surface area contributed by atoms with E-state index in [9.17, 15) is 4.79 Å². The van der Waals surface area contributed by atoms with Gasteiger partial charge in [-0.05, 0) is 63.4 Å². The SMILES string of the molecule is CC(=O)SCC(=Cc1cc(C)cc(Cl)c1)B1OC(C)(C)C(C)(C)O1. The summed E-state index contributed by atoms with van der Waals surface area (Å²) in [6, 6.07) is 5.87. The maximum Gasteiger partial charge on any atom is 0.491 e. The van der Waals surface area contributed by atoms with Crippen LogP contribution in [0.1, 0.15) is 45.7 Å². The number of aryl methyl sites for hydroxylation is 1. The Bertz CT molecular complexity index is 634. The van der Waals surface area contributed by atoms with Crippen LogP contribution in [-0.2, 0) is 14.1 Å². The zero-order chi connectivity index (χ0) is 18.1. The van der Waals surface area contributed by atoms with Crippen molar-refractivity contribution in [2.45, 2.75) is 52.7 Å². The molecule has 1 saturated heterocycles. The summed E-state index contributed by atoms with van der Waals surface area (Å²) in [6.07, 6.45) is 2.01. The lowest BCUT2D eigenvalue weighted by molar-refractivity contribution is -0.109. The Morgan fingerprint density at radius 3 is 2.29 bits per heavy atom. The molecule has 1 aromatic carbocycles. The van der Waals surface area contributed by atoms with E-state index in [0.29, 0.717) is 10.8 Å². The average molecular weight is 367 g/mol. The van der Waals surface area contributed by atoms with Crippen molar-refractivity contribution in [2.75, 3.05) is 5.75 Å². The largest absolute Gasteiger partial charge is 0.491 e. The molecule has 0 saturated carbocycles. The van der Waals surface area contributed by atoms with E-state index in [1.165, 1.54) is 11.8 Å². The van der Waals surface area contributed by atoms with Crippen LogP contribution in [-0.4, -0.2) is 29.2 Å². The molecule has 6 heteroatoms. The second-order valence-corrected chi connectivity index (χ2v) is 8.74. The summed E-state index contributed by atoms with van der Waals surface area (Å²) in [5, 5.41) is 0.758. The van der Waals surface area contributed by atoms with Crippen LogP contribution < -0.4 is 0 Å². The third-order valence-corrected chi connectivity index (χ3v) is 5.52.